The molecule has 148 valence electrons. The molecular formula is C18H17F3N4O2S. The molecule has 0 fully saturated rings. The van der Waals surface area contributed by atoms with Gasteiger partial charge < -0.3 is 15.2 Å². The summed E-state index contributed by atoms with van der Waals surface area (Å²) in [6.45, 7) is 2.55. The largest absolute Gasteiger partial charge is 0.494 e. The van der Waals surface area contributed by atoms with Gasteiger partial charge in [0.15, 0.2) is 5.75 Å². The third-order valence-corrected chi connectivity index (χ3v) is 5.21. The summed E-state index contributed by atoms with van der Waals surface area (Å²) in [7, 11) is 1.51. The van der Waals surface area contributed by atoms with Crippen LogP contribution in [-0.2, 0) is 5.60 Å². The van der Waals surface area contributed by atoms with Crippen molar-refractivity contribution in [1.29, 1.82) is 0 Å². The Morgan fingerprint density at radius 2 is 1.75 bits per heavy atom. The molecule has 0 spiro atoms. The van der Waals surface area contributed by atoms with Crippen LogP contribution in [0.4, 0.5) is 24.8 Å². The highest BCUT2D eigenvalue weighted by atomic mass is 32.1. The molecule has 3 rings (SSSR count). The fraction of sp³-hybridized carbons (Fsp3) is 0.278. The van der Waals surface area contributed by atoms with Gasteiger partial charge in [0.25, 0.3) is 0 Å². The number of aliphatic hydroxyl groups is 1. The predicted molar refractivity (Wildman–Crippen MR) is 99.8 cm³/mol. The van der Waals surface area contributed by atoms with Crippen LogP contribution in [0.3, 0.4) is 0 Å². The minimum Gasteiger partial charge on any atom is -0.494 e. The first kappa shape index (κ1) is 20.0. The quantitative estimate of drug-likeness (QED) is 0.648. The van der Waals surface area contributed by atoms with E-state index in [2.05, 4.69) is 20.3 Å². The zero-order valence-electron chi connectivity index (χ0n) is 15.2. The summed E-state index contributed by atoms with van der Waals surface area (Å²) in [5.41, 5.74) is -0.793. The number of alkyl halides is 3. The molecule has 2 N–H and O–H groups in total. The van der Waals surface area contributed by atoms with Crippen LogP contribution in [0.1, 0.15) is 17.5 Å². The summed E-state index contributed by atoms with van der Waals surface area (Å²) in [5, 5.41) is 12.4. The van der Waals surface area contributed by atoms with Crippen LogP contribution in [0.15, 0.2) is 36.8 Å². The number of methoxy groups -OCH3 is 1. The molecule has 0 saturated heterocycles. The van der Waals surface area contributed by atoms with Gasteiger partial charge in [-0.2, -0.15) is 13.2 Å². The number of aromatic nitrogens is 3. The van der Waals surface area contributed by atoms with Crippen molar-refractivity contribution in [2.75, 3.05) is 12.4 Å². The van der Waals surface area contributed by atoms with E-state index in [9.17, 15) is 18.3 Å². The number of thiazole rings is 1. The van der Waals surface area contributed by atoms with E-state index in [0.717, 1.165) is 16.9 Å². The maximum Gasteiger partial charge on any atom is 0.423 e. The van der Waals surface area contributed by atoms with Crippen molar-refractivity contribution in [3.05, 3.63) is 47.4 Å². The summed E-state index contributed by atoms with van der Waals surface area (Å²) in [4.78, 5) is 12.5. The van der Waals surface area contributed by atoms with Crippen LogP contribution in [-0.4, -0.2) is 33.3 Å². The van der Waals surface area contributed by atoms with E-state index in [-0.39, 0.29) is 0 Å². The lowest BCUT2D eigenvalue weighted by Gasteiger charge is -2.23. The molecule has 0 amide bonds. The van der Waals surface area contributed by atoms with Crippen molar-refractivity contribution in [2.45, 2.75) is 25.6 Å². The molecule has 1 unspecified atom stereocenters. The molecule has 10 heteroatoms. The van der Waals surface area contributed by atoms with E-state index < -0.39 is 16.8 Å². The summed E-state index contributed by atoms with van der Waals surface area (Å²) in [5.74, 6) is 0.867. The normalized spacial score (nSPS) is 13.8. The average Bonchev–Trinajstić information content (AvgIpc) is 3.12. The smallest absolute Gasteiger partial charge is 0.423 e. The topological polar surface area (TPSA) is 80.2 Å². The van der Waals surface area contributed by atoms with Gasteiger partial charge in [0.2, 0.25) is 11.5 Å². The van der Waals surface area contributed by atoms with E-state index in [0.29, 0.717) is 34.7 Å². The van der Waals surface area contributed by atoms with Crippen molar-refractivity contribution in [1.82, 2.24) is 15.0 Å². The number of hydrogen-bond donors (Lipinski definition) is 2. The Morgan fingerprint density at radius 1 is 1.07 bits per heavy atom. The molecule has 0 aliphatic rings. The number of hydrogen-bond acceptors (Lipinski definition) is 7. The monoisotopic (exact) mass is 410 g/mol. The highest BCUT2D eigenvalue weighted by Crippen LogP contribution is 2.42. The highest BCUT2D eigenvalue weighted by molar-refractivity contribution is 7.15. The van der Waals surface area contributed by atoms with E-state index in [1.165, 1.54) is 25.7 Å². The average molecular weight is 410 g/mol. The molecular weight excluding hydrogens is 393 g/mol. The Kier molecular flexibility index (Phi) is 5.26. The maximum atomic E-state index is 13.0. The second kappa shape index (κ2) is 7.36. The van der Waals surface area contributed by atoms with Crippen LogP contribution in [0.2, 0.25) is 0 Å². The number of aryl methyl sites for hydroxylation is 1. The van der Waals surface area contributed by atoms with Crippen LogP contribution in [0, 0.1) is 6.92 Å². The number of nitrogens with zero attached hydrogens (tertiary/aromatic N) is 3. The molecule has 6 nitrogen and oxygen atoms in total. The van der Waals surface area contributed by atoms with Crippen molar-refractivity contribution in [3.8, 4) is 16.2 Å². The minimum absolute atomic E-state index is 0.349. The summed E-state index contributed by atoms with van der Waals surface area (Å²) in [6, 6.07) is 5.42. The lowest BCUT2D eigenvalue weighted by molar-refractivity contribution is -0.258. The number of nitrogens with one attached hydrogen (secondary N) is 1. The molecule has 2 aromatic heterocycles. The lowest BCUT2D eigenvalue weighted by Crippen LogP contribution is -2.39. The van der Waals surface area contributed by atoms with E-state index in [1.807, 2.05) is 19.1 Å². The van der Waals surface area contributed by atoms with Crippen molar-refractivity contribution < 1.29 is 23.0 Å². The Morgan fingerprint density at radius 3 is 2.36 bits per heavy atom. The number of anilines is 2. The summed E-state index contributed by atoms with van der Waals surface area (Å²) >= 11 is 0.792. The minimum atomic E-state index is -4.81. The van der Waals surface area contributed by atoms with Gasteiger partial charge in [0.1, 0.15) is 5.01 Å². The van der Waals surface area contributed by atoms with E-state index in [4.69, 9.17) is 4.74 Å². The fourth-order valence-corrected chi connectivity index (χ4v) is 3.34. The SMILES string of the molecule is COc1cnc(Nc2cc(C)cc(-c3cnc(C(C)(O)C(F)(F)F)s3)c2)nc1. The van der Waals surface area contributed by atoms with Gasteiger partial charge in [-0.15, -0.1) is 11.3 Å². The van der Waals surface area contributed by atoms with Crippen molar-refractivity contribution in [2.24, 2.45) is 0 Å². The van der Waals surface area contributed by atoms with Crippen molar-refractivity contribution >= 4 is 23.0 Å². The van der Waals surface area contributed by atoms with Crippen LogP contribution >= 0.6 is 11.3 Å². The zero-order chi connectivity index (χ0) is 20.5. The number of ether oxygens (including phenoxy) is 1. The maximum absolute atomic E-state index is 13.0. The van der Waals surface area contributed by atoms with Gasteiger partial charge in [0.05, 0.1) is 24.4 Å². The number of benzene rings is 1. The molecule has 0 radical (unpaired) electrons. The molecule has 0 aliphatic carbocycles. The first-order valence-corrected chi connectivity index (χ1v) is 8.92. The number of halogens is 3. The molecule has 2 heterocycles. The molecule has 1 aromatic carbocycles. The number of rotatable bonds is 5. The van der Waals surface area contributed by atoms with Crippen LogP contribution in [0.5, 0.6) is 5.75 Å². The van der Waals surface area contributed by atoms with Gasteiger partial charge >= 0.3 is 6.18 Å². The Bertz CT molecular complexity index is 972. The first-order valence-electron chi connectivity index (χ1n) is 8.10. The second-order valence-corrected chi connectivity index (χ2v) is 7.29. The lowest BCUT2D eigenvalue weighted by atomic mass is 10.1. The molecule has 3 aromatic rings. The highest BCUT2D eigenvalue weighted by Gasteiger charge is 2.53. The molecule has 1 atom stereocenters. The molecule has 0 saturated carbocycles. The Balaban J connectivity index is 1.89. The van der Waals surface area contributed by atoms with Gasteiger partial charge in [-0.1, -0.05) is 6.07 Å². The third-order valence-electron chi connectivity index (χ3n) is 3.96. The van der Waals surface area contributed by atoms with Crippen molar-refractivity contribution in [3.63, 3.8) is 0 Å². The summed E-state index contributed by atoms with van der Waals surface area (Å²) in [6.07, 6.45) is -0.461. The van der Waals surface area contributed by atoms with Crippen LogP contribution in [0.25, 0.3) is 10.4 Å². The summed E-state index contributed by atoms with van der Waals surface area (Å²) < 4.78 is 44.1. The molecule has 28 heavy (non-hydrogen) atoms. The molecule has 0 bridgehead atoms. The second-order valence-electron chi connectivity index (χ2n) is 6.26. The van der Waals surface area contributed by atoms with Gasteiger partial charge in [-0.3, -0.25) is 0 Å². The molecule has 0 aliphatic heterocycles. The predicted octanol–water partition coefficient (Wildman–Crippen LogP) is 4.43. The fourth-order valence-electron chi connectivity index (χ4n) is 2.37. The Hall–Kier alpha value is -2.72. The van der Waals surface area contributed by atoms with E-state index >= 15 is 0 Å². The third kappa shape index (κ3) is 4.07. The first-order chi connectivity index (χ1) is 13.1. The van der Waals surface area contributed by atoms with Gasteiger partial charge in [-0.25, -0.2) is 15.0 Å². The van der Waals surface area contributed by atoms with Gasteiger partial charge in [-0.05, 0) is 37.1 Å². The standard InChI is InChI=1S/C18H17F3N4O2S/c1-10-4-11(14-9-22-15(28-14)17(2,26)18(19,20)21)6-12(5-10)25-16-23-7-13(27-3)8-24-16/h4-9,26H,1-3H3,(H,23,24,25). The Labute approximate surface area is 163 Å². The van der Waals surface area contributed by atoms with Gasteiger partial charge in [0, 0.05) is 11.9 Å². The van der Waals surface area contributed by atoms with E-state index in [1.54, 1.807) is 6.07 Å². The zero-order valence-corrected chi connectivity index (χ0v) is 16.0. The van der Waals surface area contributed by atoms with Crippen LogP contribution < -0.4 is 10.1 Å².